The van der Waals surface area contributed by atoms with Crippen LogP contribution in [0.2, 0.25) is 5.02 Å². The van der Waals surface area contributed by atoms with Crippen molar-refractivity contribution >= 4 is 11.6 Å². The van der Waals surface area contributed by atoms with E-state index in [9.17, 15) is 0 Å². The van der Waals surface area contributed by atoms with Crippen molar-refractivity contribution in [2.45, 2.75) is 25.4 Å². The number of aromatic nitrogens is 2. The number of hydrogen-bond acceptors (Lipinski definition) is 2. The minimum atomic E-state index is 0.703. The molecule has 1 aliphatic carbocycles. The average molecular weight is 248 g/mol. The Kier molecular flexibility index (Phi) is 2.87. The summed E-state index contributed by atoms with van der Waals surface area (Å²) in [5, 5.41) is 4.17. The molecule has 0 unspecified atom stereocenters. The molecular formula is C13H14ClN3. The van der Waals surface area contributed by atoms with Crippen molar-refractivity contribution in [1.82, 2.24) is 15.3 Å². The van der Waals surface area contributed by atoms with Crippen molar-refractivity contribution in [1.29, 1.82) is 0 Å². The maximum Gasteiger partial charge on any atom is 0.120 e. The molecule has 0 spiro atoms. The van der Waals surface area contributed by atoms with Gasteiger partial charge >= 0.3 is 0 Å². The molecule has 2 aromatic rings. The predicted octanol–water partition coefficient (Wildman–Crippen LogP) is 2.98. The lowest BCUT2D eigenvalue weighted by Crippen LogP contribution is -2.16. The number of rotatable bonds is 4. The van der Waals surface area contributed by atoms with Crippen LogP contribution in [0.15, 0.2) is 30.5 Å². The molecule has 1 saturated carbocycles. The minimum Gasteiger partial charge on any atom is -0.341 e. The fraction of sp³-hybridized carbons (Fsp3) is 0.308. The predicted molar refractivity (Wildman–Crippen MR) is 68.9 cm³/mol. The standard InChI is InChI=1S/C13H14ClN3/c14-10-3-1-2-9(6-10)12-7-16-13(17-12)8-15-11-4-5-11/h1-3,6-7,11,15H,4-5,8H2,(H,16,17). The van der Waals surface area contributed by atoms with Crippen LogP contribution in [0.4, 0.5) is 0 Å². The number of hydrogen-bond donors (Lipinski definition) is 2. The molecule has 1 fully saturated rings. The molecule has 3 nitrogen and oxygen atoms in total. The van der Waals surface area contributed by atoms with E-state index in [1.165, 1.54) is 12.8 Å². The lowest BCUT2D eigenvalue weighted by Gasteiger charge is -1.99. The SMILES string of the molecule is Clc1cccc(-c2cnc(CNC3CC3)[nH]2)c1. The lowest BCUT2D eigenvalue weighted by molar-refractivity contribution is 0.664. The Bertz CT molecular complexity index is 517. The van der Waals surface area contributed by atoms with E-state index in [4.69, 9.17) is 11.6 Å². The normalized spacial score (nSPS) is 15.1. The Labute approximate surface area is 105 Å². The molecule has 0 amide bonds. The van der Waals surface area contributed by atoms with Crippen molar-refractivity contribution in [3.05, 3.63) is 41.3 Å². The fourth-order valence-electron chi connectivity index (χ4n) is 1.78. The van der Waals surface area contributed by atoms with Gasteiger partial charge in [0.1, 0.15) is 5.82 Å². The molecule has 88 valence electrons. The first-order valence-electron chi connectivity index (χ1n) is 5.84. The van der Waals surface area contributed by atoms with Gasteiger partial charge in [-0.15, -0.1) is 0 Å². The zero-order valence-electron chi connectivity index (χ0n) is 9.41. The Morgan fingerprint density at radius 2 is 2.29 bits per heavy atom. The Morgan fingerprint density at radius 1 is 1.41 bits per heavy atom. The summed E-state index contributed by atoms with van der Waals surface area (Å²) >= 11 is 5.97. The Hall–Kier alpha value is -1.32. The fourth-order valence-corrected chi connectivity index (χ4v) is 1.97. The van der Waals surface area contributed by atoms with Gasteiger partial charge < -0.3 is 10.3 Å². The zero-order valence-corrected chi connectivity index (χ0v) is 10.2. The van der Waals surface area contributed by atoms with Gasteiger partial charge in [-0.25, -0.2) is 4.98 Å². The van der Waals surface area contributed by atoms with E-state index in [0.717, 1.165) is 28.6 Å². The summed E-state index contributed by atoms with van der Waals surface area (Å²) in [5.41, 5.74) is 2.09. The number of imidazole rings is 1. The lowest BCUT2D eigenvalue weighted by atomic mass is 10.2. The highest BCUT2D eigenvalue weighted by Crippen LogP contribution is 2.22. The van der Waals surface area contributed by atoms with Gasteiger partial charge in [-0.2, -0.15) is 0 Å². The van der Waals surface area contributed by atoms with Crippen LogP contribution in [0.25, 0.3) is 11.3 Å². The van der Waals surface area contributed by atoms with E-state index in [1.807, 2.05) is 30.5 Å². The third kappa shape index (κ3) is 2.68. The number of nitrogens with one attached hydrogen (secondary N) is 2. The average Bonchev–Trinajstić information content (AvgIpc) is 3.04. The number of nitrogens with zero attached hydrogens (tertiary/aromatic N) is 1. The highest BCUT2D eigenvalue weighted by molar-refractivity contribution is 6.30. The van der Waals surface area contributed by atoms with Crippen molar-refractivity contribution in [3.63, 3.8) is 0 Å². The van der Waals surface area contributed by atoms with Crippen LogP contribution >= 0.6 is 11.6 Å². The van der Waals surface area contributed by atoms with Gasteiger partial charge in [-0.05, 0) is 25.0 Å². The van der Waals surface area contributed by atoms with E-state index >= 15 is 0 Å². The van der Waals surface area contributed by atoms with Crippen LogP contribution in [0.1, 0.15) is 18.7 Å². The van der Waals surface area contributed by atoms with E-state index < -0.39 is 0 Å². The van der Waals surface area contributed by atoms with Gasteiger partial charge in [0.25, 0.3) is 0 Å². The second kappa shape index (κ2) is 4.51. The number of benzene rings is 1. The molecule has 0 bridgehead atoms. The second-order valence-corrected chi connectivity index (χ2v) is 4.85. The summed E-state index contributed by atoms with van der Waals surface area (Å²) in [6.07, 6.45) is 4.44. The summed E-state index contributed by atoms with van der Waals surface area (Å²) in [7, 11) is 0. The van der Waals surface area contributed by atoms with E-state index in [1.54, 1.807) is 0 Å². The quantitative estimate of drug-likeness (QED) is 0.872. The van der Waals surface area contributed by atoms with E-state index in [2.05, 4.69) is 15.3 Å². The second-order valence-electron chi connectivity index (χ2n) is 4.41. The van der Waals surface area contributed by atoms with Crippen molar-refractivity contribution in [2.24, 2.45) is 0 Å². The van der Waals surface area contributed by atoms with Crippen LogP contribution in [0.5, 0.6) is 0 Å². The maximum absolute atomic E-state index is 5.97. The number of aromatic amines is 1. The van der Waals surface area contributed by atoms with Crippen LogP contribution in [0, 0.1) is 0 Å². The maximum atomic E-state index is 5.97. The smallest absolute Gasteiger partial charge is 0.120 e. The minimum absolute atomic E-state index is 0.703. The molecule has 0 radical (unpaired) electrons. The molecule has 2 N–H and O–H groups in total. The monoisotopic (exact) mass is 247 g/mol. The molecule has 0 aliphatic heterocycles. The van der Waals surface area contributed by atoms with Gasteiger partial charge in [0.15, 0.2) is 0 Å². The highest BCUT2D eigenvalue weighted by Gasteiger charge is 2.20. The molecule has 1 aromatic carbocycles. The van der Waals surface area contributed by atoms with Crippen molar-refractivity contribution in [3.8, 4) is 11.3 Å². The first-order valence-corrected chi connectivity index (χ1v) is 6.22. The van der Waals surface area contributed by atoms with Gasteiger partial charge in [-0.3, -0.25) is 0 Å². The molecular weight excluding hydrogens is 234 g/mol. The summed E-state index contributed by atoms with van der Waals surface area (Å²) in [6, 6.07) is 8.48. The highest BCUT2D eigenvalue weighted by atomic mass is 35.5. The van der Waals surface area contributed by atoms with Gasteiger partial charge in [0, 0.05) is 16.6 Å². The molecule has 4 heteroatoms. The first-order chi connectivity index (χ1) is 8.31. The van der Waals surface area contributed by atoms with Crippen molar-refractivity contribution < 1.29 is 0 Å². The largest absolute Gasteiger partial charge is 0.341 e. The Balaban J connectivity index is 1.74. The topological polar surface area (TPSA) is 40.7 Å². The molecule has 17 heavy (non-hydrogen) atoms. The van der Waals surface area contributed by atoms with Crippen molar-refractivity contribution in [2.75, 3.05) is 0 Å². The molecule has 0 saturated heterocycles. The van der Waals surface area contributed by atoms with Gasteiger partial charge in [-0.1, -0.05) is 23.7 Å². The molecule has 3 rings (SSSR count). The zero-order chi connectivity index (χ0) is 11.7. The third-order valence-corrected chi connectivity index (χ3v) is 3.13. The molecule has 1 aliphatic rings. The number of halogens is 1. The number of H-pyrrole nitrogens is 1. The van der Waals surface area contributed by atoms with E-state index in [-0.39, 0.29) is 0 Å². The molecule has 0 atom stereocenters. The molecule has 1 heterocycles. The summed E-state index contributed by atoms with van der Waals surface area (Å²) in [5.74, 6) is 0.979. The van der Waals surface area contributed by atoms with Crippen LogP contribution in [-0.4, -0.2) is 16.0 Å². The molecule has 1 aromatic heterocycles. The summed E-state index contributed by atoms with van der Waals surface area (Å²) in [4.78, 5) is 7.67. The third-order valence-electron chi connectivity index (χ3n) is 2.90. The van der Waals surface area contributed by atoms with Crippen LogP contribution < -0.4 is 5.32 Å². The van der Waals surface area contributed by atoms with Gasteiger partial charge in [0.05, 0.1) is 18.4 Å². The summed E-state index contributed by atoms with van der Waals surface area (Å²) < 4.78 is 0. The van der Waals surface area contributed by atoms with Gasteiger partial charge in [0.2, 0.25) is 0 Å². The first kappa shape index (κ1) is 10.8. The van der Waals surface area contributed by atoms with Crippen LogP contribution in [0.3, 0.4) is 0 Å². The van der Waals surface area contributed by atoms with E-state index in [0.29, 0.717) is 6.04 Å². The van der Waals surface area contributed by atoms with Crippen LogP contribution in [-0.2, 0) is 6.54 Å². The summed E-state index contributed by atoms with van der Waals surface area (Å²) in [6.45, 7) is 0.811. The Morgan fingerprint density at radius 3 is 3.06 bits per heavy atom.